The number of benzene rings is 1. The lowest BCUT2D eigenvalue weighted by Crippen LogP contribution is -2.42. The summed E-state index contributed by atoms with van der Waals surface area (Å²) in [5, 5.41) is 18.8. The summed E-state index contributed by atoms with van der Waals surface area (Å²) in [6.45, 7) is 11.8. The highest BCUT2D eigenvalue weighted by Crippen LogP contribution is 2.43. The van der Waals surface area contributed by atoms with Gasteiger partial charge in [0, 0.05) is 18.0 Å². The average molecular weight is 510 g/mol. The third kappa shape index (κ3) is 5.48. The molecule has 0 amide bonds. The van der Waals surface area contributed by atoms with Gasteiger partial charge in [-0.3, -0.25) is 0 Å². The zero-order chi connectivity index (χ0) is 24.6. The van der Waals surface area contributed by atoms with Crippen LogP contribution in [0.1, 0.15) is 53.1 Å². The maximum Gasteiger partial charge on any atom is 0.256 e. The molecule has 0 unspecified atom stereocenters. The van der Waals surface area contributed by atoms with Crippen molar-refractivity contribution in [3.63, 3.8) is 0 Å². The SMILES string of the molecule is CN(C(C)(C)C)S(=O)(=O)c1scc(Nc2nsnc2N[C@@H](c2ccccc2)C(C)(C)C)c1O. The molecule has 0 saturated carbocycles. The molecule has 180 valence electrons. The van der Waals surface area contributed by atoms with Crippen LogP contribution in [0, 0.1) is 5.41 Å². The Balaban J connectivity index is 1.89. The molecule has 0 spiro atoms. The number of thiophene rings is 1. The molecule has 0 fully saturated rings. The number of hydrogen-bond donors (Lipinski definition) is 3. The molecule has 1 atom stereocenters. The Morgan fingerprint density at radius 2 is 1.64 bits per heavy atom. The van der Waals surface area contributed by atoms with Gasteiger partial charge in [0.05, 0.1) is 23.5 Å². The van der Waals surface area contributed by atoms with Crippen molar-refractivity contribution in [1.29, 1.82) is 0 Å². The van der Waals surface area contributed by atoms with E-state index in [0.29, 0.717) is 11.6 Å². The molecule has 0 aliphatic heterocycles. The number of nitrogens with zero attached hydrogens (tertiary/aromatic N) is 3. The summed E-state index contributed by atoms with van der Waals surface area (Å²) in [5.74, 6) is 0.627. The Morgan fingerprint density at radius 1 is 1.03 bits per heavy atom. The number of nitrogens with one attached hydrogen (secondary N) is 2. The van der Waals surface area contributed by atoms with Gasteiger partial charge < -0.3 is 15.7 Å². The predicted molar refractivity (Wildman–Crippen MR) is 136 cm³/mol. The van der Waals surface area contributed by atoms with Gasteiger partial charge in [-0.15, -0.1) is 11.3 Å². The van der Waals surface area contributed by atoms with Gasteiger partial charge in [-0.25, -0.2) is 8.42 Å². The van der Waals surface area contributed by atoms with E-state index in [9.17, 15) is 13.5 Å². The van der Waals surface area contributed by atoms with E-state index in [2.05, 4.69) is 52.3 Å². The third-order valence-corrected chi connectivity index (χ3v) is 9.43. The van der Waals surface area contributed by atoms with Crippen LogP contribution in [0.4, 0.5) is 17.3 Å². The van der Waals surface area contributed by atoms with E-state index < -0.39 is 15.6 Å². The van der Waals surface area contributed by atoms with E-state index >= 15 is 0 Å². The fourth-order valence-electron chi connectivity index (χ4n) is 3.17. The van der Waals surface area contributed by atoms with Crippen molar-refractivity contribution in [2.24, 2.45) is 5.41 Å². The first kappa shape index (κ1) is 25.4. The molecule has 3 aromatic rings. The molecule has 33 heavy (non-hydrogen) atoms. The molecular weight excluding hydrogens is 478 g/mol. The summed E-state index contributed by atoms with van der Waals surface area (Å²) in [4.78, 5) is 0. The molecule has 0 aliphatic carbocycles. The van der Waals surface area contributed by atoms with Crippen LogP contribution in [0.5, 0.6) is 5.75 Å². The highest BCUT2D eigenvalue weighted by molar-refractivity contribution is 7.91. The van der Waals surface area contributed by atoms with Crippen LogP contribution in [0.2, 0.25) is 0 Å². The Kier molecular flexibility index (Phi) is 7.09. The molecule has 0 radical (unpaired) electrons. The highest BCUT2D eigenvalue weighted by Gasteiger charge is 2.35. The summed E-state index contributed by atoms with van der Waals surface area (Å²) in [6.07, 6.45) is 0. The lowest BCUT2D eigenvalue weighted by atomic mass is 9.82. The number of sulfonamides is 1. The van der Waals surface area contributed by atoms with E-state index in [-0.39, 0.29) is 27.1 Å². The first-order valence-electron chi connectivity index (χ1n) is 10.4. The van der Waals surface area contributed by atoms with E-state index in [0.717, 1.165) is 28.6 Å². The monoisotopic (exact) mass is 509 g/mol. The van der Waals surface area contributed by atoms with Crippen molar-refractivity contribution in [2.75, 3.05) is 17.7 Å². The van der Waals surface area contributed by atoms with Gasteiger partial charge in [-0.1, -0.05) is 51.1 Å². The van der Waals surface area contributed by atoms with E-state index in [4.69, 9.17) is 0 Å². The molecule has 8 nitrogen and oxygen atoms in total. The van der Waals surface area contributed by atoms with E-state index in [1.165, 1.54) is 11.4 Å². The summed E-state index contributed by atoms with van der Waals surface area (Å²) in [5.41, 5.74) is 0.633. The number of hydrogen-bond acceptors (Lipinski definition) is 9. The predicted octanol–water partition coefficient (Wildman–Crippen LogP) is 5.67. The molecular formula is C22H31N5O3S3. The zero-order valence-corrected chi connectivity index (χ0v) is 22.3. The smallest absolute Gasteiger partial charge is 0.256 e. The van der Waals surface area contributed by atoms with Crippen LogP contribution >= 0.6 is 23.1 Å². The Morgan fingerprint density at radius 3 is 2.21 bits per heavy atom. The lowest BCUT2D eigenvalue weighted by Gasteiger charge is -2.32. The third-order valence-electron chi connectivity index (χ3n) is 5.29. The minimum atomic E-state index is -3.86. The molecule has 2 heterocycles. The Bertz CT molecular complexity index is 1190. The second kappa shape index (κ2) is 9.21. The largest absolute Gasteiger partial charge is 0.504 e. The van der Waals surface area contributed by atoms with Crippen molar-refractivity contribution in [1.82, 2.24) is 13.1 Å². The molecule has 11 heteroatoms. The number of anilines is 3. The second-order valence-electron chi connectivity index (χ2n) is 9.87. The maximum absolute atomic E-state index is 13.0. The van der Waals surface area contributed by atoms with Crippen LogP contribution in [-0.4, -0.2) is 39.2 Å². The van der Waals surface area contributed by atoms with Gasteiger partial charge in [0.1, 0.15) is 0 Å². The summed E-state index contributed by atoms with van der Waals surface area (Å²) >= 11 is 1.99. The average Bonchev–Trinajstić information content (AvgIpc) is 3.31. The molecule has 3 N–H and O–H groups in total. The van der Waals surface area contributed by atoms with Gasteiger partial charge in [-0.05, 0) is 31.7 Å². The molecule has 3 rings (SSSR count). The van der Waals surface area contributed by atoms with Crippen LogP contribution in [0.25, 0.3) is 0 Å². The molecule has 2 aromatic heterocycles. The fraction of sp³-hybridized carbons (Fsp3) is 0.455. The van der Waals surface area contributed by atoms with Crippen molar-refractivity contribution < 1.29 is 13.5 Å². The highest BCUT2D eigenvalue weighted by atomic mass is 32.2. The van der Waals surface area contributed by atoms with Gasteiger partial charge in [-0.2, -0.15) is 13.1 Å². The number of rotatable bonds is 7. The summed E-state index contributed by atoms with van der Waals surface area (Å²) < 4.78 is 35.9. The van der Waals surface area contributed by atoms with Gasteiger partial charge in [0.15, 0.2) is 21.6 Å². The molecule has 0 saturated heterocycles. The Labute approximate surface area is 204 Å². The first-order chi connectivity index (χ1) is 15.2. The molecule has 0 bridgehead atoms. The van der Waals surface area contributed by atoms with E-state index in [1.807, 2.05) is 18.2 Å². The van der Waals surface area contributed by atoms with Gasteiger partial charge in [0.2, 0.25) is 0 Å². The summed E-state index contributed by atoms with van der Waals surface area (Å²) in [6, 6.07) is 10.0. The summed E-state index contributed by atoms with van der Waals surface area (Å²) in [7, 11) is -2.35. The second-order valence-corrected chi connectivity index (χ2v) is 13.4. The minimum Gasteiger partial charge on any atom is -0.504 e. The fourth-order valence-corrected chi connectivity index (χ4v) is 6.55. The normalized spacial score (nSPS) is 13.8. The Hall–Kier alpha value is -2.21. The standard InChI is InChI=1S/C22H31N5O3S3/c1-21(2,3)17(14-11-9-8-10-12-14)24-19-18(25-32-26-19)23-15-13-31-20(16(15)28)33(29,30)27(7)22(4,5)6/h8-13,17,28H,1-7H3,(H,23,25)(H,24,26)/t17-/m0/s1. The lowest BCUT2D eigenvalue weighted by molar-refractivity contribution is 0.291. The van der Waals surface area contributed by atoms with Crippen LogP contribution < -0.4 is 10.6 Å². The van der Waals surface area contributed by atoms with Gasteiger partial charge in [0.25, 0.3) is 10.0 Å². The zero-order valence-electron chi connectivity index (χ0n) is 19.9. The van der Waals surface area contributed by atoms with Crippen LogP contribution in [0.15, 0.2) is 39.9 Å². The topological polar surface area (TPSA) is 107 Å². The van der Waals surface area contributed by atoms with Gasteiger partial charge >= 0.3 is 0 Å². The minimum absolute atomic E-state index is 0.0457. The molecule has 1 aromatic carbocycles. The quantitative estimate of drug-likeness (QED) is 0.377. The van der Waals surface area contributed by atoms with Crippen molar-refractivity contribution in [3.05, 3.63) is 41.3 Å². The maximum atomic E-state index is 13.0. The van der Waals surface area contributed by atoms with Crippen LogP contribution in [0.3, 0.4) is 0 Å². The first-order valence-corrected chi connectivity index (χ1v) is 13.5. The van der Waals surface area contributed by atoms with Crippen LogP contribution in [-0.2, 0) is 10.0 Å². The number of aromatic hydroxyl groups is 1. The molecule has 0 aliphatic rings. The number of aromatic nitrogens is 2. The van der Waals surface area contributed by atoms with Crippen molar-refractivity contribution >= 4 is 50.4 Å². The van der Waals surface area contributed by atoms with Crippen molar-refractivity contribution in [2.45, 2.75) is 57.3 Å². The van der Waals surface area contributed by atoms with Crippen molar-refractivity contribution in [3.8, 4) is 5.75 Å². The van der Waals surface area contributed by atoms with E-state index in [1.54, 1.807) is 26.2 Å².